The first-order chi connectivity index (χ1) is 8.62. The van der Waals surface area contributed by atoms with E-state index in [1.54, 1.807) is 0 Å². The molecule has 4 saturated carbocycles. The second kappa shape index (κ2) is 3.43. The van der Waals surface area contributed by atoms with Gasteiger partial charge in [0.25, 0.3) is 5.56 Å². The molecule has 3 N–H and O–H groups in total. The van der Waals surface area contributed by atoms with Crippen LogP contribution in [0.25, 0.3) is 0 Å². The number of aromatic nitrogens is 2. The van der Waals surface area contributed by atoms with Gasteiger partial charge in [0.1, 0.15) is 5.82 Å². The number of aromatic amines is 1. The summed E-state index contributed by atoms with van der Waals surface area (Å²) in [5, 5.41) is 2.86. The summed E-state index contributed by atoms with van der Waals surface area (Å²) in [6, 6.07) is 1.50. The molecule has 1 heterocycles. The molecule has 4 nitrogen and oxygen atoms in total. The van der Waals surface area contributed by atoms with Crippen molar-refractivity contribution in [2.24, 2.45) is 23.2 Å². The highest BCUT2D eigenvalue weighted by Gasteiger charge is 2.51. The molecule has 0 aromatic carbocycles. The van der Waals surface area contributed by atoms with Crippen molar-refractivity contribution in [2.45, 2.75) is 45.1 Å². The fourth-order valence-corrected chi connectivity index (χ4v) is 5.39. The summed E-state index contributed by atoms with van der Waals surface area (Å²) in [7, 11) is 0. The molecule has 4 heteroatoms. The number of hydrogen-bond acceptors (Lipinski definition) is 2. The maximum atomic E-state index is 11.3. The lowest BCUT2D eigenvalue weighted by molar-refractivity contribution is -0.0632. The van der Waals surface area contributed by atoms with E-state index < -0.39 is 0 Å². The first kappa shape index (κ1) is 10.7. The van der Waals surface area contributed by atoms with Crippen molar-refractivity contribution in [2.75, 3.05) is 5.73 Å². The number of anilines is 1. The average Bonchev–Trinajstić information content (AvgIpc) is 2.54. The third-order valence-electron chi connectivity index (χ3n) is 5.49. The number of H-pyrrole nitrogens is 1. The highest BCUT2D eigenvalue weighted by Crippen LogP contribution is 2.60. The molecule has 0 spiro atoms. The van der Waals surface area contributed by atoms with Gasteiger partial charge in [-0.1, -0.05) is 0 Å². The molecule has 5 rings (SSSR count). The van der Waals surface area contributed by atoms with E-state index in [1.165, 1.54) is 44.6 Å². The van der Waals surface area contributed by atoms with Crippen molar-refractivity contribution < 1.29 is 0 Å². The SMILES string of the molecule is Nc1cc(=O)[nH]n1CC12CC3CC(CC(C3)C1)C2. The molecular weight excluding hydrogens is 226 g/mol. The van der Waals surface area contributed by atoms with Gasteiger partial charge in [0.15, 0.2) is 0 Å². The zero-order valence-electron chi connectivity index (χ0n) is 10.7. The Labute approximate surface area is 107 Å². The third-order valence-corrected chi connectivity index (χ3v) is 5.49. The molecule has 18 heavy (non-hydrogen) atoms. The van der Waals surface area contributed by atoms with Gasteiger partial charge in [-0.25, -0.2) is 0 Å². The molecule has 0 radical (unpaired) electrons. The first-order valence-electron chi connectivity index (χ1n) is 7.17. The number of nitrogens with one attached hydrogen (secondary N) is 1. The summed E-state index contributed by atoms with van der Waals surface area (Å²) in [6.07, 6.45) is 8.40. The Hall–Kier alpha value is -1.19. The van der Waals surface area contributed by atoms with Gasteiger partial charge in [-0.2, -0.15) is 0 Å². The Balaban J connectivity index is 1.64. The molecule has 0 aliphatic heterocycles. The van der Waals surface area contributed by atoms with Gasteiger partial charge in [-0.15, -0.1) is 0 Å². The Bertz CT molecular complexity index is 492. The Morgan fingerprint density at radius 3 is 2.22 bits per heavy atom. The Morgan fingerprint density at radius 1 is 1.22 bits per heavy atom. The van der Waals surface area contributed by atoms with Crippen LogP contribution >= 0.6 is 0 Å². The van der Waals surface area contributed by atoms with Gasteiger partial charge in [0.05, 0.1) is 0 Å². The molecule has 98 valence electrons. The smallest absolute Gasteiger partial charge is 0.266 e. The minimum Gasteiger partial charge on any atom is -0.384 e. The molecule has 4 bridgehead atoms. The lowest BCUT2D eigenvalue weighted by atomic mass is 9.49. The van der Waals surface area contributed by atoms with Crippen LogP contribution in [-0.4, -0.2) is 9.78 Å². The Kier molecular flexibility index (Phi) is 2.04. The van der Waals surface area contributed by atoms with E-state index in [1.807, 2.05) is 4.68 Å². The van der Waals surface area contributed by atoms with E-state index >= 15 is 0 Å². The fourth-order valence-electron chi connectivity index (χ4n) is 5.39. The fraction of sp³-hybridized carbons (Fsp3) is 0.786. The van der Waals surface area contributed by atoms with Crippen LogP contribution < -0.4 is 11.3 Å². The van der Waals surface area contributed by atoms with E-state index in [9.17, 15) is 4.79 Å². The first-order valence-corrected chi connectivity index (χ1v) is 7.17. The van der Waals surface area contributed by atoms with Gasteiger partial charge < -0.3 is 5.73 Å². The van der Waals surface area contributed by atoms with Crippen LogP contribution in [0, 0.1) is 23.2 Å². The van der Waals surface area contributed by atoms with Crippen LogP contribution in [0.5, 0.6) is 0 Å². The molecule has 0 unspecified atom stereocenters. The van der Waals surface area contributed by atoms with Gasteiger partial charge in [-0.3, -0.25) is 14.6 Å². The summed E-state index contributed by atoms with van der Waals surface area (Å²) < 4.78 is 1.88. The summed E-state index contributed by atoms with van der Waals surface area (Å²) in [4.78, 5) is 11.3. The third kappa shape index (κ3) is 1.54. The standard InChI is InChI=1S/C14H21N3O/c15-12-4-13(18)16-17(12)8-14-5-9-1-10(6-14)3-11(2-9)7-14/h4,9-11H,1-3,5-8,15H2,(H,16,18). The van der Waals surface area contributed by atoms with Crippen LogP contribution in [0.2, 0.25) is 0 Å². The molecule has 0 amide bonds. The van der Waals surface area contributed by atoms with Crippen LogP contribution in [0.15, 0.2) is 10.9 Å². The molecular formula is C14H21N3O. The monoisotopic (exact) mass is 247 g/mol. The zero-order chi connectivity index (χ0) is 12.3. The summed E-state index contributed by atoms with van der Waals surface area (Å²) in [5.74, 6) is 3.43. The van der Waals surface area contributed by atoms with Crippen LogP contribution in [0.3, 0.4) is 0 Å². The second-order valence-electron chi connectivity index (χ2n) is 7.05. The second-order valence-corrected chi connectivity index (χ2v) is 7.05. The van der Waals surface area contributed by atoms with Crippen molar-refractivity contribution >= 4 is 5.82 Å². The van der Waals surface area contributed by atoms with E-state index in [-0.39, 0.29) is 5.56 Å². The molecule has 1 aromatic rings. The molecule has 4 aliphatic carbocycles. The maximum Gasteiger partial charge on any atom is 0.266 e. The van der Waals surface area contributed by atoms with Gasteiger partial charge in [-0.05, 0) is 61.7 Å². The van der Waals surface area contributed by atoms with Crippen LogP contribution in [0.1, 0.15) is 38.5 Å². The number of nitrogens with zero attached hydrogens (tertiary/aromatic N) is 1. The molecule has 1 aromatic heterocycles. The molecule has 4 fully saturated rings. The predicted octanol–water partition coefficient (Wildman–Crippen LogP) is 1.97. The number of nitrogen functional groups attached to an aromatic ring is 1. The molecule has 4 aliphatic rings. The number of rotatable bonds is 2. The number of nitrogens with two attached hydrogens (primary N) is 1. The van der Waals surface area contributed by atoms with E-state index in [0.717, 1.165) is 24.3 Å². The maximum absolute atomic E-state index is 11.3. The van der Waals surface area contributed by atoms with Crippen molar-refractivity contribution in [3.8, 4) is 0 Å². The quantitative estimate of drug-likeness (QED) is 0.839. The predicted molar refractivity (Wildman–Crippen MR) is 70.1 cm³/mol. The van der Waals surface area contributed by atoms with Crippen LogP contribution in [0.4, 0.5) is 5.82 Å². The topological polar surface area (TPSA) is 63.8 Å². The highest BCUT2D eigenvalue weighted by atomic mass is 16.1. The minimum absolute atomic E-state index is 0.0720. The largest absolute Gasteiger partial charge is 0.384 e. The minimum atomic E-state index is -0.0720. The summed E-state index contributed by atoms with van der Waals surface area (Å²) in [6.45, 7) is 0.921. The molecule has 0 saturated heterocycles. The normalized spacial score (nSPS) is 41.4. The van der Waals surface area contributed by atoms with E-state index in [0.29, 0.717) is 11.2 Å². The van der Waals surface area contributed by atoms with E-state index in [2.05, 4.69) is 5.10 Å². The highest BCUT2D eigenvalue weighted by molar-refractivity contribution is 5.26. The summed E-state index contributed by atoms with van der Waals surface area (Å²) in [5.41, 5.74) is 6.25. The van der Waals surface area contributed by atoms with Gasteiger partial charge in [0.2, 0.25) is 0 Å². The van der Waals surface area contributed by atoms with E-state index in [4.69, 9.17) is 5.73 Å². The molecule has 0 atom stereocenters. The van der Waals surface area contributed by atoms with Crippen molar-refractivity contribution in [3.63, 3.8) is 0 Å². The van der Waals surface area contributed by atoms with Crippen molar-refractivity contribution in [1.29, 1.82) is 0 Å². The summed E-state index contributed by atoms with van der Waals surface area (Å²) >= 11 is 0. The van der Waals surface area contributed by atoms with Crippen molar-refractivity contribution in [3.05, 3.63) is 16.4 Å². The van der Waals surface area contributed by atoms with Gasteiger partial charge >= 0.3 is 0 Å². The van der Waals surface area contributed by atoms with Gasteiger partial charge in [0, 0.05) is 12.6 Å². The lowest BCUT2D eigenvalue weighted by Crippen LogP contribution is -2.48. The zero-order valence-corrected chi connectivity index (χ0v) is 10.7. The Morgan fingerprint density at radius 2 is 1.78 bits per heavy atom. The van der Waals surface area contributed by atoms with Crippen molar-refractivity contribution in [1.82, 2.24) is 9.78 Å². The van der Waals surface area contributed by atoms with Crippen LogP contribution in [-0.2, 0) is 6.54 Å². The lowest BCUT2D eigenvalue weighted by Gasteiger charge is -2.56. The number of hydrogen-bond donors (Lipinski definition) is 2. The average molecular weight is 247 g/mol.